The van der Waals surface area contributed by atoms with Crippen LogP contribution in [-0.2, 0) is 19.5 Å². The van der Waals surface area contributed by atoms with Crippen LogP contribution in [0, 0.1) is 0 Å². The summed E-state index contributed by atoms with van der Waals surface area (Å²) >= 11 is 0. The van der Waals surface area contributed by atoms with Crippen molar-refractivity contribution >= 4 is 5.91 Å². The summed E-state index contributed by atoms with van der Waals surface area (Å²) < 4.78 is 1.35. The number of amides is 1. The van der Waals surface area contributed by atoms with Crippen LogP contribution in [0.25, 0.3) is 0 Å². The average Bonchev–Trinajstić information content (AvgIpc) is 2.84. The third kappa shape index (κ3) is 5.58. The Morgan fingerprint density at radius 3 is 1.91 bits per heavy atom. The van der Waals surface area contributed by atoms with E-state index >= 15 is 0 Å². The van der Waals surface area contributed by atoms with Gasteiger partial charge in [0.1, 0.15) is 5.69 Å². The molecule has 0 aliphatic carbocycles. The Kier molecular flexibility index (Phi) is 6.88. The molecule has 160 valence electrons. The topological polar surface area (TPSA) is 55.2 Å². The van der Waals surface area contributed by atoms with Crippen LogP contribution < -0.4 is 5.56 Å². The minimum absolute atomic E-state index is 0.188. The van der Waals surface area contributed by atoms with E-state index in [0.717, 1.165) is 17.5 Å². The summed E-state index contributed by atoms with van der Waals surface area (Å²) in [4.78, 5) is 27.6. The molecule has 0 aliphatic heterocycles. The van der Waals surface area contributed by atoms with Crippen molar-refractivity contribution in [3.63, 3.8) is 0 Å². The molecule has 0 saturated heterocycles. The normalized spacial score (nSPS) is 10.6. The minimum atomic E-state index is -0.232. The molecule has 0 atom stereocenters. The number of carbonyl (C=O) groups is 1. The first-order valence-electron chi connectivity index (χ1n) is 10.7. The van der Waals surface area contributed by atoms with Gasteiger partial charge in [-0.3, -0.25) is 9.59 Å². The van der Waals surface area contributed by atoms with E-state index in [9.17, 15) is 9.59 Å². The summed E-state index contributed by atoms with van der Waals surface area (Å²) in [6.45, 7) is 1.35. The van der Waals surface area contributed by atoms with Gasteiger partial charge in [-0.05, 0) is 29.2 Å². The zero-order valence-corrected chi connectivity index (χ0v) is 17.8. The maximum absolute atomic E-state index is 13.4. The summed E-state index contributed by atoms with van der Waals surface area (Å²) in [7, 11) is 0. The number of benzene rings is 3. The number of hydrogen-bond donors (Lipinski definition) is 0. The lowest BCUT2D eigenvalue weighted by Gasteiger charge is -2.23. The smallest absolute Gasteiger partial charge is 0.274 e. The van der Waals surface area contributed by atoms with Crippen LogP contribution in [0.15, 0.2) is 108 Å². The van der Waals surface area contributed by atoms with Crippen molar-refractivity contribution in [3.8, 4) is 0 Å². The lowest BCUT2D eigenvalue weighted by atomic mass is 10.1. The Bertz CT molecular complexity index is 1210. The molecule has 0 fully saturated rings. The van der Waals surface area contributed by atoms with Gasteiger partial charge in [0, 0.05) is 19.2 Å². The fraction of sp³-hybridized carbons (Fsp3) is 0.148. The van der Waals surface area contributed by atoms with Crippen LogP contribution in [0.3, 0.4) is 0 Å². The zero-order valence-electron chi connectivity index (χ0n) is 17.8. The molecule has 0 unspecified atom stereocenters. The molecule has 32 heavy (non-hydrogen) atoms. The molecule has 1 aromatic heterocycles. The van der Waals surface area contributed by atoms with Gasteiger partial charge in [0.15, 0.2) is 0 Å². The van der Waals surface area contributed by atoms with Crippen molar-refractivity contribution in [3.05, 3.63) is 136 Å². The number of carbonyl (C=O) groups excluding carboxylic acids is 1. The van der Waals surface area contributed by atoms with E-state index in [1.54, 1.807) is 4.90 Å². The first-order chi connectivity index (χ1) is 15.7. The maximum Gasteiger partial charge on any atom is 0.274 e. The Morgan fingerprint density at radius 2 is 1.28 bits per heavy atom. The molecule has 0 bridgehead atoms. The van der Waals surface area contributed by atoms with Crippen LogP contribution >= 0.6 is 0 Å². The van der Waals surface area contributed by atoms with E-state index in [0.29, 0.717) is 19.6 Å². The summed E-state index contributed by atoms with van der Waals surface area (Å²) in [6.07, 6.45) is 0.739. The molecule has 5 nitrogen and oxygen atoms in total. The second-order valence-electron chi connectivity index (χ2n) is 7.65. The largest absolute Gasteiger partial charge is 0.333 e. The Balaban J connectivity index is 1.57. The standard InChI is InChI=1S/C27H25N3O2/c31-26-17-16-25(28-30(26)21-24-14-8-3-9-15-24)27(32)29(20-23-12-6-2-7-13-23)19-18-22-10-4-1-5-11-22/h1-17H,18-21H2. The Labute approximate surface area is 187 Å². The van der Waals surface area contributed by atoms with Gasteiger partial charge >= 0.3 is 0 Å². The van der Waals surface area contributed by atoms with E-state index in [-0.39, 0.29) is 17.2 Å². The summed E-state index contributed by atoms with van der Waals surface area (Å²) in [5.41, 5.74) is 3.21. The highest BCUT2D eigenvalue weighted by Gasteiger charge is 2.19. The highest BCUT2D eigenvalue weighted by atomic mass is 16.2. The number of nitrogens with zero attached hydrogens (tertiary/aromatic N) is 3. The summed E-state index contributed by atoms with van der Waals surface area (Å²) in [5, 5.41) is 4.40. The van der Waals surface area contributed by atoms with Gasteiger partial charge in [-0.2, -0.15) is 5.10 Å². The average molecular weight is 424 g/mol. The van der Waals surface area contributed by atoms with E-state index in [4.69, 9.17) is 0 Å². The minimum Gasteiger partial charge on any atom is -0.333 e. The molecule has 1 amide bonds. The summed E-state index contributed by atoms with van der Waals surface area (Å²) in [6, 6.07) is 32.6. The molecule has 0 N–H and O–H groups in total. The number of aromatic nitrogens is 2. The van der Waals surface area contributed by atoms with Crippen LogP contribution in [0.4, 0.5) is 0 Å². The second-order valence-corrected chi connectivity index (χ2v) is 7.65. The van der Waals surface area contributed by atoms with Gasteiger partial charge in [-0.15, -0.1) is 0 Å². The molecule has 1 heterocycles. The Morgan fingerprint density at radius 1 is 0.719 bits per heavy atom. The molecule has 0 radical (unpaired) electrons. The third-order valence-electron chi connectivity index (χ3n) is 5.28. The van der Waals surface area contributed by atoms with Gasteiger partial charge in [-0.25, -0.2) is 4.68 Å². The first kappa shape index (κ1) is 21.2. The highest BCUT2D eigenvalue weighted by molar-refractivity contribution is 5.92. The lowest BCUT2D eigenvalue weighted by Crippen LogP contribution is -2.35. The van der Waals surface area contributed by atoms with E-state index in [1.165, 1.54) is 22.4 Å². The Hall–Kier alpha value is -3.99. The van der Waals surface area contributed by atoms with E-state index in [2.05, 4.69) is 17.2 Å². The molecular formula is C27H25N3O2. The monoisotopic (exact) mass is 423 g/mol. The van der Waals surface area contributed by atoms with Crippen LogP contribution in [-0.4, -0.2) is 27.1 Å². The van der Waals surface area contributed by atoms with E-state index in [1.807, 2.05) is 78.9 Å². The SMILES string of the molecule is O=C(c1ccc(=O)n(Cc2ccccc2)n1)N(CCc1ccccc1)Cc1ccccc1. The van der Waals surface area contributed by atoms with Crippen molar-refractivity contribution in [1.29, 1.82) is 0 Å². The van der Waals surface area contributed by atoms with Crippen LogP contribution in [0.1, 0.15) is 27.2 Å². The molecular weight excluding hydrogens is 398 g/mol. The van der Waals surface area contributed by atoms with Crippen molar-refractivity contribution in [1.82, 2.24) is 14.7 Å². The fourth-order valence-electron chi connectivity index (χ4n) is 3.56. The van der Waals surface area contributed by atoms with Gasteiger partial charge < -0.3 is 4.90 Å². The second kappa shape index (κ2) is 10.4. The predicted octanol–water partition coefficient (Wildman–Crippen LogP) is 4.18. The van der Waals surface area contributed by atoms with Gasteiger partial charge in [0.25, 0.3) is 11.5 Å². The van der Waals surface area contributed by atoms with Gasteiger partial charge in [0.05, 0.1) is 6.54 Å². The zero-order chi connectivity index (χ0) is 22.2. The molecule has 4 aromatic rings. The van der Waals surface area contributed by atoms with Crippen molar-refractivity contribution in [2.75, 3.05) is 6.54 Å². The molecule has 0 aliphatic rings. The van der Waals surface area contributed by atoms with Crippen molar-refractivity contribution in [2.45, 2.75) is 19.5 Å². The van der Waals surface area contributed by atoms with E-state index < -0.39 is 0 Å². The molecule has 0 saturated carbocycles. The van der Waals surface area contributed by atoms with Crippen LogP contribution in [0.2, 0.25) is 0 Å². The first-order valence-corrected chi connectivity index (χ1v) is 10.7. The van der Waals surface area contributed by atoms with Crippen molar-refractivity contribution < 1.29 is 4.79 Å². The summed E-state index contributed by atoms with van der Waals surface area (Å²) in [5.74, 6) is -0.188. The van der Waals surface area contributed by atoms with Crippen molar-refractivity contribution in [2.24, 2.45) is 0 Å². The fourth-order valence-corrected chi connectivity index (χ4v) is 3.56. The third-order valence-corrected chi connectivity index (χ3v) is 5.28. The quantitative estimate of drug-likeness (QED) is 0.427. The molecule has 5 heteroatoms. The maximum atomic E-state index is 13.4. The van der Waals surface area contributed by atoms with Gasteiger partial charge in [0.2, 0.25) is 0 Å². The lowest BCUT2D eigenvalue weighted by molar-refractivity contribution is 0.0736. The van der Waals surface area contributed by atoms with Crippen LogP contribution in [0.5, 0.6) is 0 Å². The predicted molar refractivity (Wildman–Crippen MR) is 125 cm³/mol. The molecule has 0 spiro atoms. The molecule has 3 aromatic carbocycles. The number of hydrogen-bond acceptors (Lipinski definition) is 3. The number of rotatable bonds is 8. The highest BCUT2D eigenvalue weighted by Crippen LogP contribution is 2.11. The molecule has 4 rings (SSSR count). The van der Waals surface area contributed by atoms with Gasteiger partial charge in [-0.1, -0.05) is 91.0 Å².